The summed E-state index contributed by atoms with van der Waals surface area (Å²) in [6, 6.07) is 3.87. The van der Waals surface area contributed by atoms with Gasteiger partial charge in [0, 0.05) is 15.5 Å². The Morgan fingerprint density at radius 2 is 1.94 bits per heavy atom. The molecule has 1 N–H and O–H groups in total. The van der Waals surface area contributed by atoms with Crippen molar-refractivity contribution >= 4 is 38.5 Å². The van der Waals surface area contributed by atoms with Crippen molar-refractivity contribution in [2.24, 2.45) is 0 Å². The van der Waals surface area contributed by atoms with Crippen LogP contribution in [0.2, 0.25) is 5.02 Å². The maximum absolute atomic E-state index is 12.1. The third-order valence-corrected chi connectivity index (χ3v) is 5.70. The summed E-state index contributed by atoms with van der Waals surface area (Å²) in [5, 5.41) is 0.718. The molecule has 0 saturated carbocycles. The highest BCUT2D eigenvalue weighted by molar-refractivity contribution is 9.10. The lowest BCUT2D eigenvalue weighted by Crippen LogP contribution is -2.34. The molecule has 0 aromatic heterocycles. The first kappa shape index (κ1) is 16.2. The fourth-order valence-electron chi connectivity index (χ4n) is 1.42. The predicted molar refractivity (Wildman–Crippen MR) is 83.3 cm³/mol. The van der Waals surface area contributed by atoms with E-state index < -0.39 is 11.0 Å². The maximum atomic E-state index is 12.1. The lowest BCUT2D eigenvalue weighted by Gasteiger charge is -2.23. The molecular formula is C13H19BrClNOS. The molecule has 0 amide bonds. The number of rotatable bonds is 3. The van der Waals surface area contributed by atoms with Crippen LogP contribution >= 0.6 is 27.5 Å². The van der Waals surface area contributed by atoms with E-state index in [9.17, 15) is 4.21 Å². The zero-order valence-electron chi connectivity index (χ0n) is 11.3. The molecule has 2 atom stereocenters. The van der Waals surface area contributed by atoms with Gasteiger partial charge in [-0.2, -0.15) is 0 Å². The molecular weight excluding hydrogens is 334 g/mol. The van der Waals surface area contributed by atoms with E-state index in [0.29, 0.717) is 0 Å². The predicted octanol–water partition coefficient (Wildman–Crippen LogP) is 4.52. The highest BCUT2D eigenvalue weighted by Gasteiger charge is 2.23. The zero-order valence-corrected chi connectivity index (χ0v) is 14.5. The van der Waals surface area contributed by atoms with Crippen LogP contribution in [0.4, 0.5) is 0 Å². The van der Waals surface area contributed by atoms with Gasteiger partial charge in [0.05, 0.1) is 15.7 Å². The molecule has 0 heterocycles. The third kappa shape index (κ3) is 3.80. The lowest BCUT2D eigenvalue weighted by atomic mass is 10.1. The molecule has 102 valence electrons. The first-order valence-electron chi connectivity index (χ1n) is 5.77. The highest BCUT2D eigenvalue weighted by atomic mass is 79.9. The van der Waals surface area contributed by atoms with Crippen molar-refractivity contribution in [1.82, 2.24) is 4.72 Å². The van der Waals surface area contributed by atoms with Crippen LogP contribution in [0.5, 0.6) is 0 Å². The second-order valence-electron chi connectivity index (χ2n) is 5.30. The number of benzene rings is 1. The van der Waals surface area contributed by atoms with E-state index in [1.54, 1.807) is 0 Å². The minimum absolute atomic E-state index is 0.0515. The second kappa shape index (κ2) is 6.04. The van der Waals surface area contributed by atoms with Crippen molar-refractivity contribution < 1.29 is 4.21 Å². The van der Waals surface area contributed by atoms with Crippen LogP contribution in [0.25, 0.3) is 0 Å². The maximum Gasteiger partial charge on any atom is 0.0975 e. The number of hydrogen-bond acceptors (Lipinski definition) is 1. The molecule has 0 unspecified atom stereocenters. The van der Waals surface area contributed by atoms with Crippen molar-refractivity contribution in [2.45, 2.75) is 45.4 Å². The Balaban J connectivity index is 2.96. The molecule has 0 fully saturated rings. The summed E-state index contributed by atoms with van der Waals surface area (Å²) >= 11 is 9.77. The Bertz CT molecular complexity index is 471. The van der Waals surface area contributed by atoms with E-state index in [1.807, 2.05) is 46.8 Å². The first-order chi connectivity index (χ1) is 8.14. The number of nitrogens with one attached hydrogen (secondary N) is 1. The van der Waals surface area contributed by atoms with Crippen LogP contribution in [0.15, 0.2) is 16.6 Å². The summed E-state index contributed by atoms with van der Waals surface area (Å²) in [5.74, 6) is 0. The fourth-order valence-corrected chi connectivity index (χ4v) is 2.99. The summed E-state index contributed by atoms with van der Waals surface area (Å²) in [5.41, 5.74) is 1.97. The van der Waals surface area contributed by atoms with E-state index >= 15 is 0 Å². The Labute approximate surface area is 125 Å². The molecule has 0 saturated heterocycles. The topological polar surface area (TPSA) is 29.1 Å². The minimum Gasteiger partial charge on any atom is -0.242 e. The van der Waals surface area contributed by atoms with E-state index in [0.717, 1.165) is 20.6 Å². The molecule has 0 aliphatic heterocycles. The normalized spacial score (nSPS) is 15.5. The van der Waals surface area contributed by atoms with Crippen LogP contribution < -0.4 is 4.72 Å². The van der Waals surface area contributed by atoms with Gasteiger partial charge in [0.15, 0.2) is 0 Å². The molecule has 1 aromatic carbocycles. The second-order valence-corrected chi connectivity index (χ2v) is 8.53. The van der Waals surface area contributed by atoms with Crippen molar-refractivity contribution in [3.8, 4) is 0 Å². The van der Waals surface area contributed by atoms with Crippen LogP contribution in [0, 0.1) is 6.92 Å². The average molecular weight is 353 g/mol. The summed E-state index contributed by atoms with van der Waals surface area (Å²) in [6.45, 7) is 9.76. The van der Waals surface area contributed by atoms with Gasteiger partial charge in [-0.05, 0) is 51.8 Å². The number of halogens is 2. The van der Waals surface area contributed by atoms with Gasteiger partial charge >= 0.3 is 0 Å². The van der Waals surface area contributed by atoms with Crippen molar-refractivity contribution in [2.75, 3.05) is 0 Å². The van der Waals surface area contributed by atoms with Crippen molar-refractivity contribution in [3.05, 3.63) is 32.8 Å². The SMILES string of the molecule is Cc1c(Br)ccc([C@@H](C)N[S@@](=O)C(C)(C)C)c1Cl. The minimum atomic E-state index is -1.11. The molecule has 1 rings (SSSR count). The Morgan fingerprint density at radius 1 is 1.39 bits per heavy atom. The van der Waals surface area contributed by atoms with Gasteiger partial charge in [-0.25, -0.2) is 8.93 Å². The van der Waals surface area contributed by atoms with Gasteiger partial charge in [0.1, 0.15) is 0 Å². The van der Waals surface area contributed by atoms with E-state index in [4.69, 9.17) is 11.6 Å². The van der Waals surface area contributed by atoms with Gasteiger partial charge in [0.25, 0.3) is 0 Å². The zero-order chi connectivity index (χ0) is 14.1. The van der Waals surface area contributed by atoms with Gasteiger partial charge in [-0.3, -0.25) is 0 Å². The summed E-state index contributed by atoms with van der Waals surface area (Å²) < 4.78 is 15.9. The monoisotopic (exact) mass is 351 g/mol. The van der Waals surface area contributed by atoms with E-state index in [2.05, 4.69) is 20.7 Å². The smallest absolute Gasteiger partial charge is 0.0975 e. The summed E-state index contributed by atoms with van der Waals surface area (Å²) in [4.78, 5) is 0. The Morgan fingerprint density at radius 3 is 2.44 bits per heavy atom. The molecule has 0 aliphatic carbocycles. The van der Waals surface area contributed by atoms with Crippen molar-refractivity contribution in [1.29, 1.82) is 0 Å². The molecule has 0 aliphatic rings. The van der Waals surface area contributed by atoms with Crippen molar-refractivity contribution in [3.63, 3.8) is 0 Å². The first-order valence-corrected chi connectivity index (χ1v) is 8.09. The molecule has 5 heteroatoms. The molecule has 1 aromatic rings. The van der Waals surface area contributed by atoms with E-state index in [1.165, 1.54) is 0 Å². The standard InChI is InChI=1S/C13H19BrClNOS/c1-8-11(14)7-6-10(12(8)15)9(2)16-18(17)13(3,4)5/h6-7,9,16H,1-5H3/t9-,18+/m1/s1. The fraction of sp³-hybridized carbons (Fsp3) is 0.538. The molecule has 0 radical (unpaired) electrons. The molecule has 18 heavy (non-hydrogen) atoms. The Hall–Kier alpha value is 0.1000. The molecule has 2 nitrogen and oxygen atoms in total. The van der Waals surface area contributed by atoms with Crippen LogP contribution in [-0.4, -0.2) is 8.96 Å². The van der Waals surface area contributed by atoms with Gasteiger partial charge in [0.2, 0.25) is 0 Å². The summed E-state index contributed by atoms with van der Waals surface area (Å²) in [6.07, 6.45) is 0. The molecule has 0 spiro atoms. The van der Waals surface area contributed by atoms with Crippen LogP contribution in [0.3, 0.4) is 0 Å². The quantitative estimate of drug-likeness (QED) is 0.851. The summed E-state index contributed by atoms with van der Waals surface area (Å²) in [7, 11) is -1.11. The third-order valence-electron chi connectivity index (χ3n) is 2.66. The van der Waals surface area contributed by atoms with E-state index in [-0.39, 0.29) is 10.8 Å². The highest BCUT2D eigenvalue weighted by Crippen LogP contribution is 2.31. The number of hydrogen-bond donors (Lipinski definition) is 1. The lowest BCUT2D eigenvalue weighted by molar-refractivity contribution is 0.616. The largest absolute Gasteiger partial charge is 0.242 e. The van der Waals surface area contributed by atoms with Crippen LogP contribution in [-0.2, 0) is 11.0 Å². The molecule has 0 bridgehead atoms. The Kier molecular flexibility index (Phi) is 5.42. The van der Waals surface area contributed by atoms with Crippen LogP contribution in [0.1, 0.15) is 44.9 Å². The van der Waals surface area contributed by atoms with Gasteiger partial charge in [-0.15, -0.1) is 0 Å². The van der Waals surface area contributed by atoms with Gasteiger partial charge < -0.3 is 0 Å². The average Bonchev–Trinajstić information content (AvgIpc) is 2.24. The van der Waals surface area contributed by atoms with Gasteiger partial charge in [-0.1, -0.05) is 33.6 Å².